The molecule has 0 saturated carbocycles. The molecular weight excluding hydrogens is 172 g/mol. The Balaban J connectivity index is 2.44. The van der Waals surface area contributed by atoms with E-state index in [1.54, 1.807) is 6.92 Å². The number of aliphatic hydroxyl groups is 1. The number of aliphatic hydroxyl groups excluding tert-OH is 1. The first-order valence-electron chi connectivity index (χ1n) is 4.33. The number of hydrogen-bond acceptors (Lipinski definition) is 4. The molecule has 74 valence electrons. The van der Waals surface area contributed by atoms with Crippen LogP contribution in [-0.2, 0) is 9.59 Å². The van der Waals surface area contributed by atoms with Gasteiger partial charge in [-0.25, -0.2) is 0 Å². The highest BCUT2D eigenvalue weighted by atomic mass is 16.3. The second-order valence-corrected chi connectivity index (χ2v) is 3.18. The van der Waals surface area contributed by atoms with Crippen molar-refractivity contribution >= 4 is 11.8 Å². The van der Waals surface area contributed by atoms with Crippen LogP contribution >= 0.6 is 0 Å². The summed E-state index contributed by atoms with van der Waals surface area (Å²) in [7, 11) is 0. The van der Waals surface area contributed by atoms with Crippen LogP contribution in [0.5, 0.6) is 0 Å². The lowest BCUT2D eigenvalue weighted by atomic mass is 10.2. The average molecular weight is 186 g/mol. The van der Waals surface area contributed by atoms with Crippen LogP contribution in [0.15, 0.2) is 0 Å². The third kappa shape index (κ3) is 2.78. The van der Waals surface area contributed by atoms with E-state index < -0.39 is 6.10 Å². The summed E-state index contributed by atoms with van der Waals surface area (Å²) in [6, 6.07) is 0. The predicted molar refractivity (Wildman–Crippen MR) is 45.9 cm³/mol. The number of hydrogen-bond donors (Lipinski definition) is 2. The molecule has 13 heavy (non-hydrogen) atoms. The summed E-state index contributed by atoms with van der Waals surface area (Å²) < 4.78 is 0. The molecule has 1 heterocycles. The number of carbonyl (C=O) groups is 2. The number of imide groups is 1. The summed E-state index contributed by atoms with van der Waals surface area (Å²) in [6.45, 7) is 2.38. The summed E-state index contributed by atoms with van der Waals surface area (Å²) in [5, 5.41) is 11.7. The molecule has 0 aromatic heterocycles. The van der Waals surface area contributed by atoms with Gasteiger partial charge >= 0.3 is 0 Å². The van der Waals surface area contributed by atoms with Crippen molar-refractivity contribution in [3.05, 3.63) is 0 Å². The van der Waals surface area contributed by atoms with Crippen LogP contribution in [0.4, 0.5) is 0 Å². The van der Waals surface area contributed by atoms with Crippen LogP contribution in [-0.4, -0.2) is 47.6 Å². The van der Waals surface area contributed by atoms with Crippen molar-refractivity contribution < 1.29 is 14.7 Å². The smallest absolute Gasteiger partial charge is 0.243 e. The highest BCUT2D eigenvalue weighted by molar-refractivity contribution is 5.99. The minimum Gasteiger partial charge on any atom is -0.393 e. The first-order chi connectivity index (χ1) is 6.11. The fourth-order valence-corrected chi connectivity index (χ4v) is 1.17. The molecule has 1 rings (SSSR count). The molecule has 1 fully saturated rings. The molecule has 1 unspecified atom stereocenters. The summed E-state index contributed by atoms with van der Waals surface area (Å²) >= 11 is 0. The number of piperazine rings is 1. The van der Waals surface area contributed by atoms with Crippen molar-refractivity contribution in [2.45, 2.75) is 19.4 Å². The van der Waals surface area contributed by atoms with Crippen LogP contribution in [0.25, 0.3) is 0 Å². The van der Waals surface area contributed by atoms with E-state index >= 15 is 0 Å². The van der Waals surface area contributed by atoms with Gasteiger partial charge in [-0.3, -0.25) is 19.8 Å². The molecule has 2 N–H and O–H groups in total. The number of amides is 2. The minimum absolute atomic E-state index is 0.211. The number of nitrogens with one attached hydrogen (secondary N) is 1. The van der Waals surface area contributed by atoms with Gasteiger partial charge in [-0.15, -0.1) is 0 Å². The Labute approximate surface area is 76.7 Å². The maximum absolute atomic E-state index is 11.2. The minimum atomic E-state index is -0.476. The van der Waals surface area contributed by atoms with E-state index in [-0.39, 0.29) is 24.9 Å². The number of carbonyl (C=O) groups excluding carboxylic acids is 2. The Morgan fingerprint density at radius 2 is 2.00 bits per heavy atom. The highest BCUT2D eigenvalue weighted by Crippen LogP contribution is 2.00. The Kier molecular flexibility index (Phi) is 3.39. The molecule has 0 aromatic carbocycles. The summed E-state index contributed by atoms with van der Waals surface area (Å²) in [4.78, 5) is 23.6. The lowest BCUT2D eigenvalue weighted by molar-refractivity contribution is -0.146. The Bertz CT molecular complexity index is 199. The molecule has 2 amide bonds. The quantitative estimate of drug-likeness (QED) is 0.538. The normalized spacial score (nSPS) is 20.6. The summed E-state index contributed by atoms with van der Waals surface area (Å²) in [6.07, 6.45) is -0.0345. The van der Waals surface area contributed by atoms with Crippen molar-refractivity contribution in [3.8, 4) is 0 Å². The topological polar surface area (TPSA) is 69.6 Å². The van der Waals surface area contributed by atoms with Gasteiger partial charge in [0.2, 0.25) is 11.8 Å². The Morgan fingerprint density at radius 1 is 1.46 bits per heavy atom. The van der Waals surface area contributed by atoms with Gasteiger partial charge in [0.05, 0.1) is 19.2 Å². The molecule has 0 bridgehead atoms. The van der Waals surface area contributed by atoms with Gasteiger partial charge in [-0.1, -0.05) is 0 Å². The zero-order chi connectivity index (χ0) is 9.84. The van der Waals surface area contributed by atoms with Crippen molar-refractivity contribution in [3.63, 3.8) is 0 Å². The monoisotopic (exact) mass is 186 g/mol. The zero-order valence-corrected chi connectivity index (χ0v) is 7.62. The second-order valence-electron chi connectivity index (χ2n) is 3.18. The van der Waals surface area contributed by atoms with Crippen LogP contribution in [0.1, 0.15) is 13.3 Å². The van der Waals surface area contributed by atoms with E-state index in [4.69, 9.17) is 5.11 Å². The van der Waals surface area contributed by atoms with E-state index in [0.29, 0.717) is 13.0 Å². The lowest BCUT2D eigenvalue weighted by Crippen LogP contribution is -2.52. The lowest BCUT2D eigenvalue weighted by Gasteiger charge is -2.25. The first-order valence-corrected chi connectivity index (χ1v) is 4.33. The molecule has 5 nitrogen and oxygen atoms in total. The van der Waals surface area contributed by atoms with Gasteiger partial charge in [0.15, 0.2) is 0 Å². The van der Waals surface area contributed by atoms with Crippen LogP contribution in [0, 0.1) is 0 Å². The largest absolute Gasteiger partial charge is 0.393 e. The van der Waals surface area contributed by atoms with Crippen molar-refractivity contribution in [1.29, 1.82) is 0 Å². The van der Waals surface area contributed by atoms with Crippen molar-refractivity contribution in [2.75, 3.05) is 19.6 Å². The third-order valence-corrected chi connectivity index (χ3v) is 1.93. The first kappa shape index (κ1) is 10.1. The Hall–Kier alpha value is -0.940. The fraction of sp³-hybridized carbons (Fsp3) is 0.750. The van der Waals surface area contributed by atoms with Gasteiger partial charge in [0, 0.05) is 6.54 Å². The molecule has 0 aliphatic carbocycles. The van der Waals surface area contributed by atoms with Gasteiger partial charge in [-0.2, -0.15) is 0 Å². The molecule has 1 aliphatic heterocycles. The average Bonchev–Trinajstić information content (AvgIpc) is 2.03. The van der Waals surface area contributed by atoms with Crippen molar-refractivity contribution in [1.82, 2.24) is 10.2 Å². The van der Waals surface area contributed by atoms with Gasteiger partial charge in [0.1, 0.15) is 0 Å². The van der Waals surface area contributed by atoms with E-state index in [1.165, 1.54) is 4.90 Å². The van der Waals surface area contributed by atoms with Gasteiger partial charge in [-0.05, 0) is 13.3 Å². The maximum Gasteiger partial charge on any atom is 0.243 e. The molecule has 1 aliphatic rings. The Morgan fingerprint density at radius 3 is 2.46 bits per heavy atom. The van der Waals surface area contributed by atoms with Crippen LogP contribution in [0.3, 0.4) is 0 Å². The van der Waals surface area contributed by atoms with Crippen molar-refractivity contribution in [2.24, 2.45) is 0 Å². The SMILES string of the molecule is CC(O)CCN1C(=O)CNCC1=O. The van der Waals surface area contributed by atoms with Crippen LogP contribution in [0.2, 0.25) is 0 Å². The zero-order valence-electron chi connectivity index (χ0n) is 7.62. The van der Waals surface area contributed by atoms with E-state index in [2.05, 4.69) is 5.32 Å². The van der Waals surface area contributed by atoms with E-state index in [0.717, 1.165) is 0 Å². The molecular formula is C8H14N2O3. The van der Waals surface area contributed by atoms with E-state index in [9.17, 15) is 9.59 Å². The molecule has 0 spiro atoms. The summed E-state index contributed by atoms with van der Waals surface area (Å²) in [5.41, 5.74) is 0. The van der Waals surface area contributed by atoms with Crippen LogP contribution < -0.4 is 5.32 Å². The molecule has 1 atom stereocenters. The van der Waals surface area contributed by atoms with Gasteiger partial charge < -0.3 is 5.11 Å². The maximum atomic E-state index is 11.2. The second kappa shape index (κ2) is 4.34. The third-order valence-electron chi connectivity index (χ3n) is 1.93. The summed E-state index contributed by atoms with van der Waals surface area (Å²) in [5.74, 6) is -0.422. The highest BCUT2D eigenvalue weighted by Gasteiger charge is 2.24. The van der Waals surface area contributed by atoms with E-state index in [1.807, 2.05) is 0 Å². The molecule has 5 heteroatoms. The molecule has 0 aromatic rings. The molecule has 0 radical (unpaired) electrons. The number of nitrogens with zero attached hydrogens (tertiary/aromatic N) is 1. The predicted octanol–water partition coefficient (Wildman–Crippen LogP) is -1.28. The van der Waals surface area contributed by atoms with Gasteiger partial charge in [0.25, 0.3) is 0 Å². The fourth-order valence-electron chi connectivity index (χ4n) is 1.17. The standard InChI is InChI=1S/C8H14N2O3/c1-6(11)2-3-10-7(12)4-9-5-8(10)13/h6,9,11H,2-5H2,1H3. The number of rotatable bonds is 3. The molecule has 1 saturated heterocycles.